The van der Waals surface area contributed by atoms with E-state index in [-0.39, 0.29) is 12.5 Å². The van der Waals surface area contributed by atoms with E-state index in [1.165, 1.54) is 5.56 Å². The lowest BCUT2D eigenvalue weighted by Crippen LogP contribution is -2.14. The van der Waals surface area contributed by atoms with Crippen LogP contribution >= 0.6 is 0 Å². The summed E-state index contributed by atoms with van der Waals surface area (Å²) in [7, 11) is 0. The summed E-state index contributed by atoms with van der Waals surface area (Å²) in [5.74, 6) is -0.322. The number of nitriles is 1. The number of carbonyl (C=O) groups excluding carboxylic acids is 1. The zero-order valence-electron chi connectivity index (χ0n) is 10.0. The summed E-state index contributed by atoms with van der Waals surface area (Å²) in [6.45, 7) is 2.38. The van der Waals surface area contributed by atoms with Crippen molar-refractivity contribution >= 4 is 5.97 Å². The maximum Gasteiger partial charge on any atom is 0.354 e. The molecule has 1 heterocycles. The summed E-state index contributed by atoms with van der Waals surface area (Å²) in [6.07, 6.45) is 4.24. The summed E-state index contributed by atoms with van der Waals surface area (Å²) < 4.78 is 6.84. The molecule has 90 valence electrons. The predicted molar refractivity (Wildman–Crippen MR) is 62.6 cm³/mol. The molecule has 0 aromatic carbocycles. The van der Waals surface area contributed by atoms with E-state index >= 15 is 0 Å². The first kappa shape index (κ1) is 11.7. The second-order valence-electron chi connectivity index (χ2n) is 4.17. The van der Waals surface area contributed by atoms with Crippen LogP contribution in [-0.4, -0.2) is 17.1 Å². The predicted octanol–water partition coefficient (Wildman–Crippen LogP) is 2.07. The number of aryl methyl sites for hydroxylation is 1. The molecule has 0 saturated carbocycles. The number of hydrogen-bond acceptors (Lipinski definition) is 3. The molecule has 4 heteroatoms. The van der Waals surface area contributed by atoms with Gasteiger partial charge in [0.2, 0.25) is 0 Å². The number of hydrogen-bond donors (Lipinski definition) is 0. The standard InChI is InChI=1S/C13H16N2O2/c1-2-17-13(16)12-9-10-5-3-4-6-11(10)15(12)8-7-14/h9H,2-6,8H2,1H3. The van der Waals surface area contributed by atoms with E-state index in [1.807, 2.05) is 10.6 Å². The number of nitrogens with zero attached hydrogens (tertiary/aromatic N) is 2. The van der Waals surface area contributed by atoms with Gasteiger partial charge in [-0.3, -0.25) is 0 Å². The molecule has 0 radical (unpaired) electrons. The first-order valence-electron chi connectivity index (χ1n) is 6.03. The minimum Gasteiger partial charge on any atom is -0.461 e. The fraction of sp³-hybridized carbons (Fsp3) is 0.538. The van der Waals surface area contributed by atoms with Gasteiger partial charge in [-0.2, -0.15) is 5.26 Å². The quantitative estimate of drug-likeness (QED) is 0.749. The van der Waals surface area contributed by atoms with E-state index in [4.69, 9.17) is 10.00 Å². The highest BCUT2D eigenvalue weighted by Crippen LogP contribution is 2.25. The fourth-order valence-corrected chi connectivity index (χ4v) is 2.39. The van der Waals surface area contributed by atoms with Gasteiger partial charge in [-0.25, -0.2) is 4.79 Å². The largest absolute Gasteiger partial charge is 0.461 e. The maximum absolute atomic E-state index is 11.8. The molecule has 0 amide bonds. The van der Waals surface area contributed by atoms with E-state index < -0.39 is 0 Å². The molecule has 0 fully saturated rings. The molecule has 1 aliphatic rings. The van der Waals surface area contributed by atoms with Crippen LogP contribution in [0.5, 0.6) is 0 Å². The second-order valence-corrected chi connectivity index (χ2v) is 4.17. The lowest BCUT2D eigenvalue weighted by atomic mass is 9.98. The highest BCUT2D eigenvalue weighted by molar-refractivity contribution is 5.88. The van der Waals surface area contributed by atoms with Crippen molar-refractivity contribution in [3.8, 4) is 6.07 Å². The third kappa shape index (κ3) is 2.19. The number of fused-ring (bicyclic) bond motifs is 1. The normalized spacial score (nSPS) is 13.9. The first-order valence-corrected chi connectivity index (χ1v) is 6.03. The van der Waals surface area contributed by atoms with Crippen molar-refractivity contribution in [2.45, 2.75) is 39.2 Å². The molecule has 17 heavy (non-hydrogen) atoms. The zero-order chi connectivity index (χ0) is 12.3. The molecule has 1 aliphatic carbocycles. The number of aromatic nitrogens is 1. The van der Waals surface area contributed by atoms with Crippen LogP contribution in [0.3, 0.4) is 0 Å². The van der Waals surface area contributed by atoms with E-state index in [0.717, 1.165) is 31.4 Å². The molecular weight excluding hydrogens is 216 g/mol. The van der Waals surface area contributed by atoms with Gasteiger partial charge in [0.25, 0.3) is 0 Å². The van der Waals surface area contributed by atoms with E-state index in [0.29, 0.717) is 12.3 Å². The van der Waals surface area contributed by atoms with Gasteiger partial charge >= 0.3 is 5.97 Å². The Morgan fingerprint density at radius 3 is 3.00 bits per heavy atom. The average Bonchev–Trinajstić information content (AvgIpc) is 2.70. The second kappa shape index (κ2) is 5.05. The van der Waals surface area contributed by atoms with Crippen LogP contribution in [-0.2, 0) is 24.1 Å². The number of esters is 1. The summed E-state index contributed by atoms with van der Waals surface area (Å²) in [5, 5.41) is 8.85. The lowest BCUT2D eigenvalue weighted by molar-refractivity contribution is 0.0514. The van der Waals surface area contributed by atoms with Crippen molar-refractivity contribution < 1.29 is 9.53 Å². The Hall–Kier alpha value is -1.76. The minimum atomic E-state index is -0.322. The Kier molecular flexibility index (Phi) is 3.48. The Bertz CT molecular complexity index is 468. The van der Waals surface area contributed by atoms with Crippen molar-refractivity contribution in [1.82, 2.24) is 4.57 Å². The average molecular weight is 232 g/mol. The molecule has 0 atom stereocenters. The van der Waals surface area contributed by atoms with Crippen molar-refractivity contribution in [2.75, 3.05) is 6.61 Å². The van der Waals surface area contributed by atoms with Gasteiger partial charge in [0.05, 0.1) is 12.7 Å². The Morgan fingerprint density at radius 1 is 1.53 bits per heavy atom. The minimum absolute atomic E-state index is 0.226. The van der Waals surface area contributed by atoms with E-state index in [2.05, 4.69) is 6.07 Å². The van der Waals surface area contributed by atoms with Gasteiger partial charge in [-0.05, 0) is 44.2 Å². The molecule has 0 saturated heterocycles. The Morgan fingerprint density at radius 2 is 2.29 bits per heavy atom. The molecule has 4 nitrogen and oxygen atoms in total. The van der Waals surface area contributed by atoms with Gasteiger partial charge < -0.3 is 9.30 Å². The zero-order valence-corrected chi connectivity index (χ0v) is 10.0. The monoisotopic (exact) mass is 232 g/mol. The van der Waals surface area contributed by atoms with Crippen LogP contribution in [0.15, 0.2) is 6.07 Å². The Labute approximate surface area is 101 Å². The van der Waals surface area contributed by atoms with Crippen molar-refractivity contribution in [2.24, 2.45) is 0 Å². The molecule has 0 spiro atoms. The van der Waals surface area contributed by atoms with Gasteiger partial charge in [-0.1, -0.05) is 0 Å². The van der Waals surface area contributed by atoms with Crippen LogP contribution in [0.4, 0.5) is 0 Å². The van der Waals surface area contributed by atoms with Crippen LogP contribution < -0.4 is 0 Å². The number of rotatable bonds is 3. The number of ether oxygens (including phenoxy) is 1. The smallest absolute Gasteiger partial charge is 0.354 e. The van der Waals surface area contributed by atoms with Crippen LogP contribution in [0.1, 0.15) is 41.5 Å². The molecule has 1 aromatic rings. The molecule has 2 rings (SSSR count). The number of carbonyl (C=O) groups is 1. The summed E-state index contributed by atoms with van der Waals surface area (Å²) in [5.41, 5.74) is 2.87. The highest BCUT2D eigenvalue weighted by atomic mass is 16.5. The first-order chi connectivity index (χ1) is 8.27. The fourth-order valence-electron chi connectivity index (χ4n) is 2.39. The topological polar surface area (TPSA) is 55.0 Å². The molecule has 0 aliphatic heterocycles. The van der Waals surface area contributed by atoms with E-state index in [1.54, 1.807) is 6.92 Å². The summed E-state index contributed by atoms with van der Waals surface area (Å²) >= 11 is 0. The lowest BCUT2D eigenvalue weighted by Gasteiger charge is -2.14. The third-order valence-corrected chi connectivity index (χ3v) is 3.12. The molecule has 0 N–H and O–H groups in total. The molecular formula is C13H16N2O2. The van der Waals surface area contributed by atoms with Crippen molar-refractivity contribution in [1.29, 1.82) is 5.26 Å². The SMILES string of the molecule is CCOC(=O)c1cc2c(n1CC#N)CCCC2. The molecule has 0 bridgehead atoms. The van der Waals surface area contributed by atoms with E-state index in [9.17, 15) is 4.79 Å². The third-order valence-electron chi connectivity index (χ3n) is 3.12. The van der Waals surface area contributed by atoms with Crippen molar-refractivity contribution in [3.63, 3.8) is 0 Å². The van der Waals surface area contributed by atoms with Crippen LogP contribution in [0.2, 0.25) is 0 Å². The summed E-state index contributed by atoms with van der Waals surface area (Å²) in [6, 6.07) is 4.01. The van der Waals surface area contributed by atoms with Gasteiger partial charge in [0.15, 0.2) is 0 Å². The maximum atomic E-state index is 11.8. The van der Waals surface area contributed by atoms with Crippen LogP contribution in [0, 0.1) is 11.3 Å². The van der Waals surface area contributed by atoms with Crippen LogP contribution in [0.25, 0.3) is 0 Å². The van der Waals surface area contributed by atoms with Gasteiger partial charge in [-0.15, -0.1) is 0 Å². The summed E-state index contributed by atoms with van der Waals surface area (Å²) in [4.78, 5) is 11.8. The molecule has 0 unspecified atom stereocenters. The van der Waals surface area contributed by atoms with Gasteiger partial charge in [0.1, 0.15) is 12.2 Å². The Balaban J connectivity index is 2.40. The van der Waals surface area contributed by atoms with Gasteiger partial charge in [0, 0.05) is 5.69 Å². The molecule has 1 aromatic heterocycles. The highest BCUT2D eigenvalue weighted by Gasteiger charge is 2.22. The van der Waals surface area contributed by atoms with Crippen molar-refractivity contribution in [3.05, 3.63) is 23.0 Å².